The summed E-state index contributed by atoms with van der Waals surface area (Å²) >= 11 is 0. The van der Waals surface area contributed by atoms with E-state index in [1.807, 2.05) is 6.92 Å². The predicted molar refractivity (Wildman–Crippen MR) is 97.3 cm³/mol. The number of rotatable bonds is 3. The Bertz CT molecular complexity index is 864. The second kappa shape index (κ2) is 6.09. The zero-order valence-electron chi connectivity index (χ0n) is 15.2. The fourth-order valence-electron chi connectivity index (χ4n) is 4.41. The molecule has 2 aromatic rings. The van der Waals surface area contributed by atoms with Gasteiger partial charge in [0.2, 0.25) is 6.79 Å². The lowest BCUT2D eigenvalue weighted by atomic mass is 9.83. The highest BCUT2D eigenvalue weighted by atomic mass is 16.7. The van der Waals surface area contributed by atoms with Crippen molar-refractivity contribution in [2.24, 2.45) is 0 Å². The van der Waals surface area contributed by atoms with Crippen LogP contribution in [0.1, 0.15) is 35.2 Å². The summed E-state index contributed by atoms with van der Waals surface area (Å²) < 4.78 is 22.5. The summed E-state index contributed by atoms with van der Waals surface area (Å²) in [4.78, 5) is 2.56. The molecule has 0 unspecified atom stereocenters. The van der Waals surface area contributed by atoms with E-state index in [1.54, 1.807) is 7.11 Å². The van der Waals surface area contributed by atoms with Crippen molar-refractivity contribution in [3.63, 3.8) is 0 Å². The number of benzene rings is 2. The summed E-state index contributed by atoms with van der Waals surface area (Å²) in [6.07, 6.45) is 2.03. The molecular weight excluding hydrogens is 330 g/mol. The van der Waals surface area contributed by atoms with Crippen molar-refractivity contribution in [1.29, 1.82) is 0 Å². The summed E-state index contributed by atoms with van der Waals surface area (Å²) in [5.74, 6) is 3.42. The number of methoxy groups -OCH3 is 1. The number of nitrogens with zero attached hydrogens (tertiary/aromatic N) is 1. The topological polar surface area (TPSA) is 40.2 Å². The van der Waals surface area contributed by atoms with Crippen molar-refractivity contribution in [3.05, 3.63) is 46.5 Å². The van der Waals surface area contributed by atoms with Gasteiger partial charge in [0.15, 0.2) is 23.0 Å². The van der Waals surface area contributed by atoms with Gasteiger partial charge in [0.25, 0.3) is 0 Å². The van der Waals surface area contributed by atoms with Crippen LogP contribution in [0.4, 0.5) is 0 Å². The minimum atomic E-state index is 0.326. The second-order valence-corrected chi connectivity index (χ2v) is 7.05. The Hall–Kier alpha value is -2.40. The Labute approximate surface area is 153 Å². The van der Waals surface area contributed by atoms with Crippen LogP contribution in [0.2, 0.25) is 0 Å². The molecule has 0 aromatic heterocycles. The third kappa shape index (κ3) is 2.42. The van der Waals surface area contributed by atoms with Crippen molar-refractivity contribution < 1.29 is 18.9 Å². The van der Waals surface area contributed by atoms with E-state index >= 15 is 0 Å². The molecule has 5 rings (SSSR count). The Balaban J connectivity index is 1.54. The first kappa shape index (κ1) is 15.8. The molecule has 3 aliphatic heterocycles. The van der Waals surface area contributed by atoms with E-state index in [2.05, 4.69) is 29.2 Å². The number of fused-ring (bicyclic) bond motifs is 5. The number of hydrogen-bond acceptors (Lipinski definition) is 5. The lowest BCUT2D eigenvalue weighted by molar-refractivity contribution is 0.160. The molecule has 0 radical (unpaired) electrons. The van der Waals surface area contributed by atoms with Gasteiger partial charge in [0.05, 0.1) is 13.7 Å². The van der Waals surface area contributed by atoms with E-state index in [1.165, 1.54) is 22.3 Å². The van der Waals surface area contributed by atoms with Crippen molar-refractivity contribution in [1.82, 2.24) is 4.90 Å². The SMILES string of the molecule is CCOc1cc2c(cc1OC)CN1CCc3cc4c(cc3[C@@H]1C2)OCO4. The van der Waals surface area contributed by atoms with E-state index in [9.17, 15) is 0 Å². The molecule has 0 spiro atoms. The molecule has 5 heteroatoms. The van der Waals surface area contributed by atoms with Gasteiger partial charge in [0, 0.05) is 19.1 Å². The maximum absolute atomic E-state index is 5.78. The van der Waals surface area contributed by atoms with Crippen LogP contribution >= 0.6 is 0 Å². The predicted octanol–water partition coefficient (Wildman–Crippen LogP) is 3.48. The van der Waals surface area contributed by atoms with Crippen molar-refractivity contribution in [2.45, 2.75) is 32.4 Å². The largest absolute Gasteiger partial charge is 0.493 e. The molecule has 136 valence electrons. The van der Waals surface area contributed by atoms with Gasteiger partial charge in [-0.3, -0.25) is 4.90 Å². The molecule has 0 bridgehead atoms. The lowest BCUT2D eigenvalue weighted by Crippen LogP contribution is -2.39. The normalized spacial score (nSPS) is 20.2. The monoisotopic (exact) mass is 353 g/mol. The molecule has 0 N–H and O–H groups in total. The molecule has 0 amide bonds. The minimum Gasteiger partial charge on any atom is -0.493 e. The molecule has 5 nitrogen and oxygen atoms in total. The second-order valence-electron chi connectivity index (χ2n) is 7.05. The van der Waals surface area contributed by atoms with Crippen molar-refractivity contribution >= 4 is 0 Å². The Kier molecular flexibility index (Phi) is 3.71. The van der Waals surface area contributed by atoms with Crippen LogP contribution in [0.25, 0.3) is 0 Å². The molecule has 0 saturated carbocycles. The molecule has 0 saturated heterocycles. The van der Waals surface area contributed by atoms with E-state index in [0.717, 1.165) is 48.9 Å². The fraction of sp³-hybridized carbons (Fsp3) is 0.429. The van der Waals surface area contributed by atoms with Gasteiger partial charge in [0.1, 0.15) is 0 Å². The van der Waals surface area contributed by atoms with E-state index in [0.29, 0.717) is 19.4 Å². The molecule has 0 fully saturated rings. The first-order valence-corrected chi connectivity index (χ1v) is 9.26. The summed E-state index contributed by atoms with van der Waals surface area (Å²) in [7, 11) is 1.70. The van der Waals surface area contributed by atoms with Gasteiger partial charge >= 0.3 is 0 Å². The number of hydrogen-bond donors (Lipinski definition) is 0. The molecule has 3 heterocycles. The molecule has 1 atom stereocenters. The molecule has 2 aromatic carbocycles. The maximum atomic E-state index is 5.78. The molecular formula is C21H23NO4. The zero-order valence-corrected chi connectivity index (χ0v) is 15.2. The Morgan fingerprint density at radius 1 is 1.04 bits per heavy atom. The first-order chi connectivity index (χ1) is 12.8. The van der Waals surface area contributed by atoms with Crippen LogP contribution in [0.3, 0.4) is 0 Å². The average Bonchev–Trinajstić information content (AvgIpc) is 3.12. The maximum Gasteiger partial charge on any atom is 0.231 e. The summed E-state index contributed by atoms with van der Waals surface area (Å²) in [5.41, 5.74) is 5.45. The van der Waals surface area contributed by atoms with Crippen LogP contribution in [0, 0.1) is 0 Å². The Morgan fingerprint density at radius 3 is 2.65 bits per heavy atom. The van der Waals surface area contributed by atoms with Crippen LogP contribution in [-0.2, 0) is 19.4 Å². The van der Waals surface area contributed by atoms with Gasteiger partial charge in [-0.2, -0.15) is 0 Å². The highest BCUT2D eigenvalue weighted by Gasteiger charge is 2.34. The zero-order chi connectivity index (χ0) is 17.7. The van der Waals surface area contributed by atoms with Gasteiger partial charge in [-0.15, -0.1) is 0 Å². The Morgan fingerprint density at radius 2 is 1.85 bits per heavy atom. The van der Waals surface area contributed by atoms with Gasteiger partial charge in [-0.1, -0.05) is 0 Å². The van der Waals surface area contributed by atoms with Gasteiger partial charge < -0.3 is 18.9 Å². The van der Waals surface area contributed by atoms with E-state index in [-0.39, 0.29) is 0 Å². The van der Waals surface area contributed by atoms with Crippen molar-refractivity contribution in [2.75, 3.05) is 27.1 Å². The van der Waals surface area contributed by atoms with Gasteiger partial charge in [-0.05, 0) is 66.3 Å². The fourth-order valence-corrected chi connectivity index (χ4v) is 4.41. The highest BCUT2D eigenvalue weighted by Crippen LogP contribution is 2.45. The quantitative estimate of drug-likeness (QED) is 0.845. The van der Waals surface area contributed by atoms with Gasteiger partial charge in [-0.25, -0.2) is 0 Å². The molecule has 0 aliphatic carbocycles. The van der Waals surface area contributed by atoms with Crippen LogP contribution in [0.5, 0.6) is 23.0 Å². The third-order valence-electron chi connectivity index (χ3n) is 5.67. The molecule has 3 aliphatic rings. The lowest BCUT2D eigenvalue weighted by Gasteiger charge is -2.41. The summed E-state index contributed by atoms with van der Waals surface area (Å²) in [5, 5.41) is 0. The van der Waals surface area contributed by atoms with Crippen LogP contribution in [0.15, 0.2) is 24.3 Å². The summed E-state index contributed by atoms with van der Waals surface area (Å²) in [6.45, 7) is 4.97. The van der Waals surface area contributed by atoms with E-state index < -0.39 is 0 Å². The number of ether oxygens (including phenoxy) is 4. The third-order valence-corrected chi connectivity index (χ3v) is 5.67. The van der Waals surface area contributed by atoms with Crippen molar-refractivity contribution in [3.8, 4) is 23.0 Å². The molecule has 26 heavy (non-hydrogen) atoms. The standard InChI is InChI=1S/C21H23NO4/c1-3-24-19-8-14-6-17-16-10-21-20(25-12-26-21)7-13(16)4-5-22(17)11-15(14)9-18(19)23-2/h7-10,17H,3-6,11-12H2,1-2H3/t17-/m0/s1. The summed E-state index contributed by atoms with van der Waals surface area (Å²) in [6, 6.07) is 9.04. The average molecular weight is 353 g/mol. The first-order valence-electron chi connectivity index (χ1n) is 9.26. The van der Waals surface area contributed by atoms with Crippen LogP contribution in [-0.4, -0.2) is 32.0 Å². The minimum absolute atomic E-state index is 0.326. The van der Waals surface area contributed by atoms with Crippen LogP contribution < -0.4 is 18.9 Å². The van der Waals surface area contributed by atoms with E-state index in [4.69, 9.17) is 18.9 Å². The highest BCUT2D eigenvalue weighted by molar-refractivity contribution is 5.53. The smallest absolute Gasteiger partial charge is 0.231 e.